The van der Waals surface area contributed by atoms with Crippen LogP contribution in [0.3, 0.4) is 0 Å². The highest BCUT2D eigenvalue weighted by Crippen LogP contribution is 2.34. The first kappa shape index (κ1) is 17.8. The van der Waals surface area contributed by atoms with Crippen LogP contribution in [-0.2, 0) is 10.2 Å². The average Bonchev–Trinajstić information content (AvgIpc) is 3.30. The number of halogens is 1. The van der Waals surface area contributed by atoms with Gasteiger partial charge in [0, 0.05) is 50.1 Å². The summed E-state index contributed by atoms with van der Waals surface area (Å²) in [4.78, 5) is 15.6. The number of carbonyl (C=O) groups excluding carboxylic acids is 1. The van der Waals surface area contributed by atoms with Crippen molar-refractivity contribution in [1.82, 2.24) is 4.90 Å². The molecule has 0 spiro atoms. The Morgan fingerprint density at radius 2 is 1.85 bits per heavy atom. The van der Waals surface area contributed by atoms with E-state index < -0.39 is 0 Å². The maximum atomic E-state index is 13.3. The largest absolute Gasteiger partial charge is 0.384 e. The van der Waals surface area contributed by atoms with E-state index in [0.717, 1.165) is 29.9 Å². The lowest BCUT2D eigenvalue weighted by Crippen LogP contribution is -2.35. The van der Waals surface area contributed by atoms with Gasteiger partial charge in [-0.3, -0.25) is 4.90 Å². The summed E-state index contributed by atoms with van der Waals surface area (Å²) in [6.07, 6.45) is 0.901. The van der Waals surface area contributed by atoms with Crippen molar-refractivity contribution in [2.45, 2.75) is 11.8 Å². The van der Waals surface area contributed by atoms with Crippen molar-refractivity contribution in [3.05, 3.63) is 59.9 Å². The van der Waals surface area contributed by atoms with Crippen LogP contribution in [-0.4, -0.2) is 50.8 Å². The number of ether oxygens (including phenoxy) is 1. The minimum absolute atomic E-state index is 0.0362. The van der Waals surface area contributed by atoms with Crippen molar-refractivity contribution in [3.8, 4) is 0 Å². The normalized spacial score (nSPS) is 22.5. The standard InChI is InChI=1S/C21H24FN3O2/c1-24-11-12-25(20(24)26)19-8-6-18(7-9-19)23-14-21(10-13-27-15-21)16-2-4-17(22)5-3-16/h2-9,23H,10-15H2,1H3. The molecule has 0 radical (unpaired) electrons. The molecule has 27 heavy (non-hydrogen) atoms. The average molecular weight is 369 g/mol. The van der Waals surface area contributed by atoms with Crippen LogP contribution in [0, 0.1) is 5.82 Å². The van der Waals surface area contributed by atoms with Gasteiger partial charge in [0.15, 0.2) is 0 Å². The zero-order valence-electron chi connectivity index (χ0n) is 15.5. The van der Waals surface area contributed by atoms with Crippen molar-refractivity contribution in [2.24, 2.45) is 0 Å². The predicted molar refractivity (Wildman–Crippen MR) is 104 cm³/mol. The molecule has 0 aliphatic carbocycles. The van der Waals surface area contributed by atoms with Gasteiger partial charge in [-0.15, -0.1) is 0 Å². The lowest BCUT2D eigenvalue weighted by Gasteiger charge is -2.29. The molecule has 0 aromatic heterocycles. The molecule has 2 aromatic rings. The fraction of sp³-hybridized carbons (Fsp3) is 0.381. The van der Waals surface area contributed by atoms with Crippen molar-refractivity contribution < 1.29 is 13.9 Å². The first-order chi connectivity index (χ1) is 13.1. The molecular weight excluding hydrogens is 345 g/mol. The smallest absolute Gasteiger partial charge is 0.324 e. The predicted octanol–water partition coefficient (Wildman–Crippen LogP) is 3.47. The van der Waals surface area contributed by atoms with E-state index in [1.54, 1.807) is 9.80 Å². The topological polar surface area (TPSA) is 44.8 Å². The van der Waals surface area contributed by atoms with Crippen LogP contribution < -0.4 is 10.2 Å². The lowest BCUT2D eigenvalue weighted by molar-refractivity contribution is 0.179. The summed E-state index contributed by atoms with van der Waals surface area (Å²) in [5.41, 5.74) is 2.84. The molecule has 1 N–H and O–H groups in total. The van der Waals surface area contributed by atoms with Gasteiger partial charge < -0.3 is 15.0 Å². The second-order valence-electron chi connectivity index (χ2n) is 7.35. The van der Waals surface area contributed by atoms with Gasteiger partial charge in [0.1, 0.15) is 5.82 Å². The number of benzene rings is 2. The zero-order valence-corrected chi connectivity index (χ0v) is 15.5. The van der Waals surface area contributed by atoms with Crippen LogP contribution in [0.4, 0.5) is 20.6 Å². The number of anilines is 2. The monoisotopic (exact) mass is 369 g/mol. The van der Waals surface area contributed by atoms with Crippen LogP contribution in [0.2, 0.25) is 0 Å². The SMILES string of the molecule is CN1CCN(c2ccc(NCC3(c4ccc(F)cc4)CCOC3)cc2)C1=O. The third-order valence-corrected chi connectivity index (χ3v) is 5.59. The number of nitrogens with zero attached hydrogens (tertiary/aromatic N) is 2. The molecular formula is C21H24FN3O2. The summed E-state index contributed by atoms with van der Waals surface area (Å²) in [5, 5.41) is 3.49. The molecule has 2 aromatic carbocycles. The van der Waals surface area contributed by atoms with Crippen molar-refractivity contribution in [2.75, 3.05) is 50.1 Å². The molecule has 2 saturated heterocycles. The van der Waals surface area contributed by atoms with Gasteiger partial charge in [-0.1, -0.05) is 12.1 Å². The van der Waals surface area contributed by atoms with Gasteiger partial charge in [0.2, 0.25) is 0 Å². The molecule has 2 aliphatic rings. The Hall–Kier alpha value is -2.60. The van der Waals surface area contributed by atoms with Crippen molar-refractivity contribution >= 4 is 17.4 Å². The molecule has 1 unspecified atom stereocenters. The highest BCUT2D eigenvalue weighted by molar-refractivity contribution is 5.94. The minimum atomic E-state index is -0.224. The van der Waals surface area contributed by atoms with Gasteiger partial charge in [0.25, 0.3) is 0 Å². The highest BCUT2D eigenvalue weighted by atomic mass is 19.1. The Morgan fingerprint density at radius 3 is 2.44 bits per heavy atom. The summed E-state index contributed by atoms with van der Waals surface area (Å²) in [5.74, 6) is -0.224. The van der Waals surface area contributed by atoms with E-state index in [0.29, 0.717) is 26.3 Å². The molecule has 2 heterocycles. The number of urea groups is 1. The zero-order chi connectivity index (χ0) is 18.9. The Morgan fingerprint density at radius 1 is 1.11 bits per heavy atom. The second-order valence-corrected chi connectivity index (χ2v) is 7.35. The van der Waals surface area contributed by atoms with E-state index in [1.807, 2.05) is 43.4 Å². The molecule has 2 fully saturated rings. The number of nitrogens with one attached hydrogen (secondary N) is 1. The van der Waals surface area contributed by atoms with Gasteiger partial charge in [0.05, 0.1) is 6.61 Å². The third-order valence-electron chi connectivity index (χ3n) is 5.59. The summed E-state index contributed by atoms with van der Waals surface area (Å²) < 4.78 is 18.9. The van der Waals surface area contributed by atoms with Gasteiger partial charge >= 0.3 is 6.03 Å². The molecule has 142 valence electrons. The number of hydrogen-bond acceptors (Lipinski definition) is 3. The molecule has 0 bridgehead atoms. The molecule has 1 atom stereocenters. The summed E-state index contributed by atoms with van der Waals surface area (Å²) in [6.45, 7) is 3.51. The Kier molecular flexibility index (Phi) is 4.74. The van der Waals surface area contributed by atoms with Crippen molar-refractivity contribution in [3.63, 3.8) is 0 Å². The maximum Gasteiger partial charge on any atom is 0.324 e. The van der Waals surface area contributed by atoms with Gasteiger partial charge in [-0.2, -0.15) is 0 Å². The molecule has 4 rings (SSSR count). The van der Waals surface area contributed by atoms with Crippen LogP contribution in [0.25, 0.3) is 0 Å². The minimum Gasteiger partial charge on any atom is -0.384 e. The Bertz CT molecular complexity index is 801. The van der Waals surface area contributed by atoms with Crippen LogP contribution >= 0.6 is 0 Å². The number of rotatable bonds is 5. The molecule has 6 heteroatoms. The van der Waals surface area contributed by atoms with E-state index >= 15 is 0 Å². The molecule has 0 saturated carbocycles. The van der Waals surface area contributed by atoms with Gasteiger partial charge in [-0.05, 0) is 48.4 Å². The Balaban J connectivity index is 1.45. The summed E-state index contributed by atoms with van der Waals surface area (Å²) in [7, 11) is 1.82. The summed E-state index contributed by atoms with van der Waals surface area (Å²) >= 11 is 0. The van der Waals surface area contributed by atoms with Crippen LogP contribution in [0.15, 0.2) is 48.5 Å². The number of carbonyl (C=O) groups is 1. The first-order valence-corrected chi connectivity index (χ1v) is 9.28. The molecule has 2 aliphatic heterocycles. The van der Waals surface area contributed by atoms with E-state index in [1.165, 1.54) is 12.1 Å². The molecule has 5 nitrogen and oxygen atoms in total. The van der Waals surface area contributed by atoms with E-state index in [2.05, 4.69) is 5.32 Å². The van der Waals surface area contributed by atoms with Gasteiger partial charge in [-0.25, -0.2) is 9.18 Å². The van der Waals surface area contributed by atoms with Crippen LogP contribution in [0.5, 0.6) is 0 Å². The fourth-order valence-corrected chi connectivity index (χ4v) is 3.80. The second kappa shape index (κ2) is 7.19. The highest BCUT2D eigenvalue weighted by Gasteiger charge is 2.36. The first-order valence-electron chi connectivity index (χ1n) is 9.28. The quantitative estimate of drug-likeness (QED) is 0.878. The van der Waals surface area contributed by atoms with E-state index in [9.17, 15) is 9.18 Å². The molecule has 2 amide bonds. The number of likely N-dealkylation sites (N-methyl/N-ethyl adjacent to an activating group) is 1. The maximum absolute atomic E-state index is 13.3. The third kappa shape index (κ3) is 3.49. The fourth-order valence-electron chi connectivity index (χ4n) is 3.80. The van der Waals surface area contributed by atoms with E-state index in [-0.39, 0.29) is 17.3 Å². The Labute approximate surface area is 158 Å². The van der Waals surface area contributed by atoms with E-state index in [4.69, 9.17) is 4.74 Å². The summed E-state index contributed by atoms with van der Waals surface area (Å²) in [6, 6.07) is 14.7. The van der Waals surface area contributed by atoms with Crippen LogP contribution in [0.1, 0.15) is 12.0 Å². The lowest BCUT2D eigenvalue weighted by atomic mass is 9.79. The number of hydrogen-bond donors (Lipinski definition) is 1. The number of amides is 2. The van der Waals surface area contributed by atoms with Crippen molar-refractivity contribution in [1.29, 1.82) is 0 Å².